The highest BCUT2D eigenvalue weighted by atomic mass is 35.5. The highest BCUT2D eigenvalue weighted by molar-refractivity contribution is 6.30. The SMILES string of the molecule is CC(=O)COc1c(C)cc(Cl)cc1COc1cccc(OCC2=CNc3ccccc3C=C2)c1. The van der Waals surface area contributed by atoms with Crippen molar-refractivity contribution in [1.82, 2.24) is 0 Å². The van der Waals surface area contributed by atoms with Crippen LogP contribution in [0.25, 0.3) is 6.08 Å². The van der Waals surface area contributed by atoms with Crippen molar-refractivity contribution in [3.8, 4) is 17.2 Å². The zero-order chi connectivity index (χ0) is 23.9. The fraction of sp³-hybridized carbons (Fsp3) is 0.179. The molecule has 1 heterocycles. The molecule has 0 atom stereocenters. The number of Topliss-reactive ketones (excluding diaryl/α,β-unsaturated/α-hetero) is 1. The minimum absolute atomic E-state index is 0.00301. The monoisotopic (exact) mass is 475 g/mol. The third-order valence-electron chi connectivity index (χ3n) is 5.19. The summed E-state index contributed by atoms with van der Waals surface area (Å²) < 4.78 is 17.7. The van der Waals surface area contributed by atoms with Crippen LogP contribution in [-0.2, 0) is 11.4 Å². The molecule has 0 aliphatic carbocycles. The van der Waals surface area contributed by atoms with Gasteiger partial charge in [0.05, 0.1) is 0 Å². The quantitative estimate of drug-likeness (QED) is 0.378. The summed E-state index contributed by atoms with van der Waals surface area (Å²) >= 11 is 6.23. The number of ether oxygens (including phenoxy) is 3. The summed E-state index contributed by atoms with van der Waals surface area (Å²) in [6, 6.07) is 19.2. The predicted molar refractivity (Wildman–Crippen MR) is 136 cm³/mol. The first-order chi connectivity index (χ1) is 16.5. The Morgan fingerprint density at radius 2 is 1.68 bits per heavy atom. The van der Waals surface area contributed by atoms with Crippen LogP contribution in [0.3, 0.4) is 0 Å². The molecule has 0 saturated heterocycles. The number of fused-ring (bicyclic) bond motifs is 1. The maximum Gasteiger partial charge on any atom is 0.167 e. The zero-order valence-corrected chi connectivity index (χ0v) is 19.9. The van der Waals surface area contributed by atoms with E-state index in [1.165, 1.54) is 6.92 Å². The van der Waals surface area contributed by atoms with Gasteiger partial charge in [-0.15, -0.1) is 0 Å². The van der Waals surface area contributed by atoms with Crippen molar-refractivity contribution in [1.29, 1.82) is 0 Å². The van der Waals surface area contributed by atoms with E-state index in [0.29, 0.717) is 28.9 Å². The van der Waals surface area contributed by atoms with E-state index in [0.717, 1.165) is 28.0 Å². The van der Waals surface area contributed by atoms with Gasteiger partial charge >= 0.3 is 0 Å². The molecule has 3 aromatic rings. The largest absolute Gasteiger partial charge is 0.489 e. The Labute approximate surface area is 204 Å². The molecule has 0 amide bonds. The molecule has 0 spiro atoms. The number of carbonyl (C=O) groups is 1. The summed E-state index contributed by atoms with van der Waals surface area (Å²) in [5.74, 6) is 1.92. The molecular formula is C28H26ClNO4. The lowest BCUT2D eigenvalue weighted by Gasteiger charge is -2.15. The number of ketones is 1. The molecule has 1 aliphatic heterocycles. The molecule has 4 rings (SSSR count). The summed E-state index contributed by atoms with van der Waals surface area (Å²) in [5.41, 5.74) is 4.84. The standard InChI is InChI=1S/C28H26ClNO4/c1-19-12-24(29)13-23(28(19)34-16-20(2)31)18-33-26-8-5-7-25(14-26)32-17-21-10-11-22-6-3-4-9-27(22)30-15-21/h3-15,30H,16-18H2,1-2H3. The molecule has 0 unspecified atom stereocenters. The average Bonchev–Trinajstić information content (AvgIpc) is 3.03. The van der Waals surface area contributed by atoms with Crippen LogP contribution in [0.4, 0.5) is 5.69 Å². The number of hydrogen-bond donors (Lipinski definition) is 1. The second kappa shape index (κ2) is 10.9. The van der Waals surface area contributed by atoms with Crippen LogP contribution in [-0.4, -0.2) is 19.0 Å². The van der Waals surface area contributed by atoms with Gasteiger partial charge in [-0.25, -0.2) is 0 Å². The van der Waals surface area contributed by atoms with Crippen LogP contribution in [0.2, 0.25) is 5.02 Å². The smallest absolute Gasteiger partial charge is 0.167 e. The van der Waals surface area contributed by atoms with Gasteiger partial charge in [0.2, 0.25) is 0 Å². The van der Waals surface area contributed by atoms with Crippen LogP contribution in [0.5, 0.6) is 17.2 Å². The fourth-order valence-electron chi connectivity index (χ4n) is 3.55. The zero-order valence-electron chi connectivity index (χ0n) is 19.1. The van der Waals surface area contributed by atoms with Crippen molar-refractivity contribution in [2.45, 2.75) is 20.5 Å². The summed E-state index contributed by atoms with van der Waals surface area (Å²) in [7, 11) is 0. The van der Waals surface area contributed by atoms with E-state index in [1.807, 2.05) is 61.7 Å². The Bertz CT molecular complexity index is 1250. The number of para-hydroxylation sites is 1. The van der Waals surface area contributed by atoms with Gasteiger partial charge in [0.25, 0.3) is 0 Å². The summed E-state index contributed by atoms with van der Waals surface area (Å²) in [4.78, 5) is 11.4. The number of anilines is 1. The lowest BCUT2D eigenvalue weighted by Crippen LogP contribution is -2.10. The van der Waals surface area contributed by atoms with Crippen molar-refractivity contribution in [2.24, 2.45) is 0 Å². The first kappa shape index (κ1) is 23.5. The van der Waals surface area contributed by atoms with Crippen LogP contribution in [0.15, 0.2) is 78.5 Å². The first-order valence-corrected chi connectivity index (χ1v) is 11.4. The summed E-state index contributed by atoms with van der Waals surface area (Å²) in [6.07, 6.45) is 6.07. The number of rotatable bonds is 9. The minimum atomic E-state index is -0.0521. The molecule has 5 nitrogen and oxygen atoms in total. The molecule has 0 bridgehead atoms. The Kier molecular flexibility index (Phi) is 7.55. The van der Waals surface area contributed by atoms with Crippen LogP contribution in [0, 0.1) is 6.92 Å². The number of benzene rings is 3. The van der Waals surface area contributed by atoms with Gasteiger partial charge in [0.1, 0.15) is 37.1 Å². The topological polar surface area (TPSA) is 56.8 Å². The van der Waals surface area contributed by atoms with Gasteiger partial charge < -0.3 is 19.5 Å². The number of nitrogens with one attached hydrogen (secondary N) is 1. The number of aryl methyl sites for hydroxylation is 1. The number of hydrogen-bond acceptors (Lipinski definition) is 5. The molecule has 6 heteroatoms. The summed E-state index contributed by atoms with van der Waals surface area (Å²) in [5, 5.41) is 3.91. The van der Waals surface area contributed by atoms with E-state index in [9.17, 15) is 4.79 Å². The summed E-state index contributed by atoms with van der Waals surface area (Å²) in [6.45, 7) is 4.04. The minimum Gasteiger partial charge on any atom is -0.489 e. The van der Waals surface area contributed by atoms with Gasteiger partial charge in [-0.05, 0) is 55.3 Å². The second-order valence-electron chi connectivity index (χ2n) is 8.04. The molecule has 1 aliphatic rings. The normalized spacial score (nSPS) is 12.1. The van der Waals surface area contributed by atoms with Gasteiger partial charge in [-0.2, -0.15) is 0 Å². The third-order valence-corrected chi connectivity index (χ3v) is 5.41. The molecule has 0 saturated carbocycles. The van der Waals surface area contributed by atoms with Crippen molar-refractivity contribution in [3.63, 3.8) is 0 Å². The maximum absolute atomic E-state index is 11.4. The third kappa shape index (κ3) is 6.21. The fourth-order valence-corrected chi connectivity index (χ4v) is 3.84. The molecule has 1 N–H and O–H groups in total. The Hall–Kier alpha value is -3.70. The van der Waals surface area contributed by atoms with E-state index in [4.69, 9.17) is 25.8 Å². The molecule has 0 fully saturated rings. The lowest BCUT2D eigenvalue weighted by atomic mass is 10.1. The Morgan fingerprint density at radius 1 is 0.912 bits per heavy atom. The lowest BCUT2D eigenvalue weighted by molar-refractivity contribution is -0.118. The maximum atomic E-state index is 11.4. The number of halogens is 1. The van der Waals surface area contributed by atoms with E-state index in [2.05, 4.69) is 17.5 Å². The van der Waals surface area contributed by atoms with Crippen LogP contribution >= 0.6 is 11.6 Å². The second-order valence-corrected chi connectivity index (χ2v) is 8.47. The van der Waals surface area contributed by atoms with Gasteiger partial charge in [-0.1, -0.05) is 48.0 Å². The van der Waals surface area contributed by atoms with E-state index < -0.39 is 0 Å². The van der Waals surface area contributed by atoms with Crippen molar-refractivity contribution in [3.05, 3.63) is 100 Å². The first-order valence-electron chi connectivity index (χ1n) is 11.0. The van der Waals surface area contributed by atoms with E-state index in [1.54, 1.807) is 12.1 Å². The van der Waals surface area contributed by atoms with Crippen LogP contribution in [0.1, 0.15) is 23.6 Å². The van der Waals surface area contributed by atoms with Gasteiger partial charge in [0.15, 0.2) is 5.78 Å². The van der Waals surface area contributed by atoms with Gasteiger partial charge in [-0.3, -0.25) is 4.79 Å². The highest BCUT2D eigenvalue weighted by Crippen LogP contribution is 2.30. The van der Waals surface area contributed by atoms with Gasteiger partial charge in [0, 0.05) is 34.1 Å². The molecular weight excluding hydrogens is 450 g/mol. The Balaban J connectivity index is 1.39. The molecule has 174 valence electrons. The highest BCUT2D eigenvalue weighted by Gasteiger charge is 2.12. The van der Waals surface area contributed by atoms with E-state index >= 15 is 0 Å². The Morgan fingerprint density at radius 3 is 2.47 bits per heavy atom. The number of carbonyl (C=O) groups excluding carboxylic acids is 1. The van der Waals surface area contributed by atoms with Crippen molar-refractivity contribution < 1.29 is 19.0 Å². The molecule has 34 heavy (non-hydrogen) atoms. The average molecular weight is 476 g/mol. The van der Waals surface area contributed by atoms with E-state index in [-0.39, 0.29) is 19.0 Å². The molecule has 3 aromatic carbocycles. The van der Waals surface area contributed by atoms with Crippen molar-refractivity contribution in [2.75, 3.05) is 18.5 Å². The predicted octanol–water partition coefficient (Wildman–Crippen LogP) is 6.60. The van der Waals surface area contributed by atoms with Crippen molar-refractivity contribution >= 4 is 29.1 Å². The van der Waals surface area contributed by atoms with Crippen LogP contribution < -0.4 is 19.5 Å². The molecule has 0 aromatic heterocycles. The molecule has 0 radical (unpaired) electrons.